The van der Waals surface area contributed by atoms with Crippen molar-refractivity contribution in [3.05, 3.63) is 35.4 Å². The maximum atomic E-state index is 13.5. The SMILES string of the molecule is CCN(CC(=O)O)C1CC(NCc2c(F)cccc2F)C1. The van der Waals surface area contributed by atoms with E-state index in [9.17, 15) is 13.6 Å². The van der Waals surface area contributed by atoms with E-state index in [1.54, 1.807) is 0 Å². The minimum absolute atomic E-state index is 0.0375. The van der Waals surface area contributed by atoms with Crippen LogP contribution in [0.1, 0.15) is 25.3 Å². The summed E-state index contributed by atoms with van der Waals surface area (Å²) in [7, 11) is 0. The summed E-state index contributed by atoms with van der Waals surface area (Å²) in [6.07, 6.45) is 1.61. The Hall–Kier alpha value is -1.53. The summed E-state index contributed by atoms with van der Waals surface area (Å²) >= 11 is 0. The number of hydrogen-bond donors (Lipinski definition) is 2. The number of nitrogens with zero attached hydrogens (tertiary/aromatic N) is 1. The van der Waals surface area contributed by atoms with E-state index in [1.165, 1.54) is 18.2 Å². The van der Waals surface area contributed by atoms with Crippen LogP contribution in [0.25, 0.3) is 0 Å². The van der Waals surface area contributed by atoms with Crippen LogP contribution < -0.4 is 5.32 Å². The summed E-state index contributed by atoms with van der Waals surface area (Å²) in [5.74, 6) is -1.92. The zero-order valence-corrected chi connectivity index (χ0v) is 12.0. The third-order valence-electron chi connectivity index (χ3n) is 4.00. The molecular weight excluding hydrogens is 278 g/mol. The van der Waals surface area contributed by atoms with Gasteiger partial charge >= 0.3 is 5.97 Å². The van der Waals surface area contributed by atoms with Gasteiger partial charge in [-0.3, -0.25) is 9.69 Å². The molecule has 1 aromatic carbocycles. The zero-order valence-electron chi connectivity index (χ0n) is 12.0. The number of rotatable bonds is 7. The molecule has 0 atom stereocenters. The van der Waals surface area contributed by atoms with Crippen molar-refractivity contribution in [3.63, 3.8) is 0 Å². The van der Waals surface area contributed by atoms with Crippen molar-refractivity contribution < 1.29 is 18.7 Å². The van der Waals surface area contributed by atoms with Crippen molar-refractivity contribution in [2.45, 2.75) is 38.4 Å². The summed E-state index contributed by atoms with van der Waals surface area (Å²) in [6.45, 7) is 2.81. The molecule has 0 aliphatic heterocycles. The minimum atomic E-state index is -0.832. The number of carboxylic acids is 1. The summed E-state index contributed by atoms with van der Waals surface area (Å²) in [5.41, 5.74) is 0.0545. The van der Waals surface area contributed by atoms with Crippen LogP contribution >= 0.6 is 0 Å². The molecule has 1 aliphatic carbocycles. The fraction of sp³-hybridized carbons (Fsp3) is 0.533. The number of carboxylic acid groups (broad SMARTS) is 1. The topological polar surface area (TPSA) is 52.6 Å². The van der Waals surface area contributed by atoms with Crippen LogP contribution in [0.15, 0.2) is 18.2 Å². The van der Waals surface area contributed by atoms with Gasteiger partial charge in [0.25, 0.3) is 0 Å². The summed E-state index contributed by atoms with van der Waals surface area (Å²) in [5, 5.41) is 11.9. The van der Waals surface area contributed by atoms with Crippen LogP contribution in [0.4, 0.5) is 8.78 Å². The van der Waals surface area contributed by atoms with Crippen LogP contribution in [0.3, 0.4) is 0 Å². The number of hydrogen-bond acceptors (Lipinski definition) is 3. The highest BCUT2D eigenvalue weighted by Gasteiger charge is 2.33. The fourth-order valence-corrected chi connectivity index (χ4v) is 2.67. The molecule has 0 aromatic heterocycles. The Bertz CT molecular complexity index is 484. The van der Waals surface area contributed by atoms with E-state index in [0.29, 0.717) is 6.54 Å². The Morgan fingerprint density at radius 1 is 1.38 bits per heavy atom. The molecule has 2 rings (SSSR count). The van der Waals surface area contributed by atoms with Crippen LogP contribution in [0, 0.1) is 11.6 Å². The standard InChI is InChI=1S/C15H20F2N2O2/c1-2-19(9-15(20)21)11-6-10(7-11)18-8-12-13(16)4-3-5-14(12)17/h3-5,10-11,18H,2,6-9H2,1H3,(H,20,21). The molecule has 21 heavy (non-hydrogen) atoms. The average Bonchev–Trinajstić information content (AvgIpc) is 2.37. The number of nitrogens with one attached hydrogen (secondary N) is 1. The normalized spacial score (nSPS) is 21.3. The lowest BCUT2D eigenvalue weighted by atomic mass is 9.85. The molecule has 1 saturated carbocycles. The predicted octanol–water partition coefficient (Wildman–Crippen LogP) is 1.99. The number of likely N-dealkylation sites (N-methyl/N-ethyl adjacent to an activating group) is 1. The number of benzene rings is 1. The molecule has 1 aromatic rings. The first-order valence-electron chi connectivity index (χ1n) is 7.13. The van der Waals surface area contributed by atoms with E-state index in [2.05, 4.69) is 5.32 Å². The summed E-state index contributed by atoms with van der Waals surface area (Å²) in [6, 6.07) is 4.24. The van der Waals surface area contributed by atoms with Crippen molar-refractivity contribution in [2.75, 3.05) is 13.1 Å². The molecule has 6 heteroatoms. The van der Waals surface area contributed by atoms with Crippen molar-refractivity contribution in [1.82, 2.24) is 10.2 Å². The average molecular weight is 298 g/mol. The zero-order chi connectivity index (χ0) is 15.4. The molecule has 4 nitrogen and oxygen atoms in total. The third kappa shape index (κ3) is 3.98. The lowest BCUT2D eigenvalue weighted by molar-refractivity contribution is -0.139. The van der Waals surface area contributed by atoms with Gasteiger partial charge in [0, 0.05) is 24.2 Å². The van der Waals surface area contributed by atoms with E-state index in [4.69, 9.17) is 5.11 Å². The quantitative estimate of drug-likeness (QED) is 0.808. The van der Waals surface area contributed by atoms with E-state index >= 15 is 0 Å². The van der Waals surface area contributed by atoms with E-state index in [1.807, 2.05) is 11.8 Å². The highest BCUT2D eigenvalue weighted by molar-refractivity contribution is 5.69. The number of halogens is 2. The maximum absolute atomic E-state index is 13.5. The van der Waals surface area contributed by atoms with Crippen molar-refractivity contribution in [2.24, 2.45) is 0 Å². The Balaban J connectivity index is 1.79. The monoisotopic (exact) mass is 298 g/mol. The van der Waals surface area contributed by atoms with Crippen LogP contribution in [0.5, 0.6) is 0 Å². The maximum Gasteiger partial charge on any atom is 0.317 e. The first-order chi connectivity index (χ1) is 10.0. The van der Waals surface area contributed by atoms with E-state index < -0.39 is 17.6 Å². The van der Waals surface area contributed by atoms with Gasteiger partial charge in [-0.25, -0.2) is 8.78 Å². The second-order valence-electron chi connectivity index (χ2n) is 5.36. The van der Waals surface area contributed by atoms with Gasteiger partial charge in [0.1, 0.15) is 11.6 Å². The fourth-order valence-electron chi connectivity index (χ4n) is 2.67. The minimum Gasteiger partial charge on any atom is -0.480 e. The Kier molecular flexibility index (Phi) is 5.25. The molecule has 0 saturated heterocycles. The first kappa shape index (κ1) is 15.9. The van der Waals surface area contributed by atoms with Crippen molar-refractivity contribution in [1.29, 1.82) is 0 Å². The lowest BCUT2D eigenvalue weighted by Gasteiger charge is -2.42. The molecule has 0 amide bonds. The van der Waals surface area contributed by atoms with E-state index in [-0.39, 0.29) is 30.7 Å². The molecule has 0 bridgehead atoms. The van der Waals surface area contributed by atoms with Gasteiger partial charge in [0.2, 0.25) is 0 Å². The largest absolute Gasteiger partial charge is 0.480 e. The van der Waals surface area contributed by atoms with Gasteiger partial charge in [-0.15, -0.1) is 0 Å². The second kappa shape index (κ2) is 6.95. The van der Waals surface area contributed by atoms with Gasteiger partial charge in [-0.1, -0.05) is 13.0 Å². The molecule has 0 radical (unpaired) electrons. The molecular formula is C15H20F2N2O2. The molecule has 1 fully saturated rings. The molecule has 2 N–H and O–H groups in total. The molecule has 1 aliphatic rings. The van der Waals surface area contributed by atoms with Gasteiger partial charge in [-0.2, -0.15) is 0 Å². The van der Waals surface area contributed by atoms with Gasteiger partial charge < -0.3 is 10.4 Å². The van der Waals surface area contributed by atoms with Crippen molar-refractivity contribution in [3.8, 4) is 0 Å². The van der Waals surface area contributed by atoms with Crippen LogP contribution in [-0.2, 0) is 11.3 Å². The highest BCUT2D eigenvalue weighted by Crippen LogP contribution is 2.26. The molecule has 0 spiro atoms. The Morgan fingerprint density at radius 3 is 2.52 bits per heavy atom. The van der Waals surface area contributed by atoms with Gasteiger partial charge in [-0.05, 0) is 31.5 Å². The predicted molar refractivity (Wildman–Crippen MR) is 74.9 cm³/mol. The van der Waals surface area contributed by atoms with Crippen molar-refractivity contribution >= 4 is 5.97 Å². The number of carbonyl (C=O) groups is 1. The van der Waals surface area contributed by atoms with Gasteiger partial charge in [0.05, 0.1) is 6.54 Å². The summed E-state index contributed by atoms with van der Waals surface area (Å²) in [4.78, 5) is 12.6. The highest BCUT2D eigenvalue weighted by atomic mass is 19.1. The molecule has 0 heterocycles. The Labute approximate surface area is 122 Å². The molecule has 0 unspecified atom stereocenters. The first-order valence-corrected chi connectivity index (χ1v) is 7.13. The summed E-state index contributed by atoms with van der Waals surface area (Å²) < 4.78 is 26.9. The number of aliphatic carboxylic acids is 1. The van der Waals surface area contributed by atoms with Gasteiger partial charge in [0.15, 0.2) is 0 Å². The lowest BCUT2D eigenvalue weighted by Crippen LogP contribution is -2.53. The third-order valence-corrected chi connectivity index (χ3v) is 4.00. The van der Waals surface area contributed by atoms with E-state index in [0.717, 1.165) is 12.8 Å². The second-order valence-corrected chi connectivity index (χ2v) is 5.36. The smallest absolute Gasteiger partial charge is 0.317 e. The van der Waals surface area contributed by atoms with Crippen LogP contribution in [0.2, 0.25) is 0 Å². The molecule has 116 valence electrons. The Morgan fingerprint density at radius 2 is 2.00 bits per heavy atom. The van der Waals surface area contributed by atoms with Crippen LogP contribution in [-0.4, -0.2) is 41.1 Å².